The van der Waals surface area contributed by atoms with E-state index in [1.807, 2.05) is 24.3 Å². The van der Waals surface area contributed by atoms with Crippen LogP contribution in [0.15, 0.2) is 48.5 Å². The molecule has 0 atom stereocenters. The van der Waals surface area contributed by atoms with E-state index in [2.05, 4.69) is 35.8 Å². The second kappa shape index (κ2) is 15.7. The first-order chi connectivity index (χ1) is 19.6. The van der Waals surface area contributed by atoms with Crippen LogP contribution in [-0.4, -0.2) is 73.5 Å². The number of nitrogens with zero attached hydrogens (tertiary/aromatic N) is 4. The van der Waals surface area contributed by atoms with Crippen molar-refractivity contribution in [2.24, 2.45) is 5.73 Å². The highest BCUT2D eigenvalue weighted by Crippen LogP contribution is 2.21. The highest BCUT2D eigenvalue weighted by molar-refractivity contribution is 5.78. The Bertz CT molecular complexity index is 1190. The number of carbonyl (C=O) groups is 1. The first-order valence-corrected chi connectivity index (χ1v) is 13.6. The fourth-order valence-electron chi connectivity index (χ4n) is 4.09. The number of hydrogen-bond donors (Lipinski definition) is 4. The van der Waals surface area contributed by atoms with Crippen LogP contribution >= 0.6 is 0 Å². The molecule has 0 aliphatic carbocycles. The van der Waals surface area contributed by atoms with Gasteiger partial charge in [-0.3, -0.25) is 4.79 Å². The van der Waals surface area contributed by atoms with Crippen molar-refractivity contribution in [1.29, 1.82) is 0 Å². The molecule has 0 spiro atoms. The number of benzene rings is 2. The predicted octanol–water partition coefficient (Wildman–Crippen LogP) is 2.62. The van der Waals surface area contributed by atoms with Gasteiger partial charge in [-0.1, -0.05) is 24.3 Å². The number of nitrogens with one attached hydrogen (secondary N) is 3. The lowest BCUT2D eigenvalue weighted by molar-refractivity contribution is -0.120. The number of ether oxygens (including phenoxy) is 2. The minimum absolute atomic E-state index is 0.0757. The number of nitrogens with two attached hydrogens (primary N) is 1. The number of carbonyl (C=O) groups excluding carboxylic acids is 1. The molecule has 1 saturated heterocycles. The molecular weight excluding hydrogens is 515 g/mol. The van der Waals surface area contributed by atoms with Crippen molar-refractivity contribution in [2.45, 2.75) is 25.8 Å². The van der Waals surface area contributed by atoms with Gasteiger partial charge in [-0.15, -0.1) is 0 Å². The van der Waals surface area contributed by atoms with E-state index in [4.69, 9.17) is 15.2 Å². The van der Waals surface area contributed by atoms with Gasteiger partial charge in [0.25, 0.3) is 0 Å². The zero-order valence-corrected chi connectivity index (χ0v) is 22.6. The van der Waals surface area contributed by atoms with Crippen molar-refractivity contribution in [2.75, 3.05) is 68.1 Å². The van der Waals surface area contributed by atoms with Crippen molar-refractivity contribution >= 4 is 29.4 Å². The van der Waals surface area contributed by atoms with Crippen LogP contribution in [0.4, 0.5) is 27.9 Å². The largest absolute Gasteiger partial charge is 0.378 e. The molecule has 0 bridgehead atoms. The van der Waals surface area contributed by atoms with Crippen LogP contribution in [0.5, 0.6) is 0 Å². The van der Waals surface area contributed by atoms with E-state index >= 15 is 0 Å². The molecule has 12 heteroatoms. The van der Waals surface area contributed by atoms with E-state index in [1.54, 1.807) is 12.1 Å². The SMILES string of the molecule is NCCOCCOCCNC(=O)Cc1ccc(Nc2nc(NCc3ccc(F)cc3)nc(N3CCCC3)n2)cc1. The molecule has 1 aliphatic rings. The highest BCUT2D eigenvalue weighted by atomic mass is 19.1. The molecule has 1 aromatic heterocycles. The van der Waals surface area contributed by atoms with Crippen molar-refractivity contribution in [3.05, 3.63) is 65.5 Å². The van der Waals surface area contributed by atoms with Crippen LogP contribution in [0.25, 0.3) is 0 Å². The Kier molecular flexibility index (Phi) is 11.4. The summed E-state index contributed by atoms with van der Waals surface area (Å²) in [5.74, 6) is 1.11. The Balaban J connectivity index is 1.29. The van der Waals surface area contributed by atoms with E-state index in [0.29, 0.717) is 63.9 Å². The number of hydrogen-bond acceptors (Lipinski definition) is 10. The zero-order valence-electron chi connectivity index (χ0n) is 22.6. The molecule has 0 saturated carbocycles. The second-order valence-corrected chi connectivity index (χ2v) is 9.32. The van der Waals surface area contributed by atoms with Gasteiger partial charge in [-0.25, -0.2) is 4.39 Å². The number of rotatable bonds is 16. The minimum Gasteiger partial charge on any atom is -0.378 e. The molecule has 2 heterocycles. The Labute approximate surface area is 233 Å². The maximum Gasteiger partial charge on any atom is 0.233 e. The van der Waals surface area contributed by atoms with Gasteiger partial charge in [0, 0.05) is 38.4 Å². The maximum atomic E-state index is 13.2. The summed E-state index contributed by atoms with van der Waals surface area (Å²) in [4.78, 5) is 28.2. The summed E-state index contributed by atoms with van der Waals surface area (Å²) in [6.45, 7) is 5.07. The number of aromatic nitrogens is 3. The van der Waals surface area contributed by atoms with Gasteiger partial charge < -0.3 is 36.1 Å². The first kappa shape index (κ1) is 29.1. The minimum atomic E-state index is -0.274. The predicted molar refractivity (Wildman–Crippen MR) is 152 cm³/mol. The standard InChI is InChI=1S/C28H37FN8O3/c29-23-7-3-22(4-8-23)20-32-26-34-27(36-28(35-26)37-13-1-2-14-37)33-24-9-5-21(6-10-24)19-25(38)31-12-16-40-18-17-39-15-11-30/h3-10H,1-2,11-20,30H2,(H,31,38)(H2,32,33,34,35,36). The van der Waals surface area contributed by atoms with Gasteiger partial charge in [0.15, 0.2) is 0 Å². The lowest BCUT2D eigenvalue weighted by Gasteiger charge is -2.17. The molecule has 40 heavy (non-hydrogen) atoms. The van der Waals surface area contributed by atoms with Gasteiger partial charge >= 0.3 is 0 Å². The Morgan fingerprint density at radius 1 is 0.875 bits per heavy atom. The van der Waals surface area contributed by atoms with E-state index < -0.39 is 0 Å². The fraction of sp³-hybridized carbons (Fsp3) is 0.429. The fourth-order valence-corrected chi connectivity index (χ4v) is 4.09. The quantitative estimate of drug-likeness (QED) is 0.196. The summed E-state index contributed by atoms with van der Waals surface area (Å²) in [5, 5.41) is 9.33. The first-order valence-electron chi connectivity index (χ1n) is 13.6. The van der Waals surface area contributed by atoms with Crippen LogP contribution in [0.1, 0.15) is 24.0 Å². The van der Waals surface area contributed by atoms with Gasteiger partial charge in [-0.2, -0.15) is 15.0 Å². The molecular formula is C28H37FN8O3. The van der Waals surface area contributed by atoms with Crippen molar-refractivity contribution in [1.82, 2.24) is 20.3 Å². The number of anilines is 4. The van der Waals surface area contributed by atoms with Crippen molar-refractivity contribution < 1.29 is 18.7 Å². The summed E-state index contributed by atoms with van der Waals surface area (Å²) >= 11 is 0. The second-order valence-electron chi connectivity index (χ2n) is 9.32. The van der Waals surface area contributed by atoms with E-state index in [9.17, 15) is 9.18 Å². The van der Waals surface area contributed by atoms with Crippen molar-refractivity contribution in [3.8, 4) is 0 Å². The molecule has 214 valence electrons. The zero-order chi connectivity index (χ0) is 28.0. The third kappa shape index (κ3) is 9.70. The van der Waals surface area contributed by atoms with Gasteiger partial charge in [0.1, 0.15) is 5.82 Å². The Hall–Kier alpha value is -3.87. The molecule has 4 rings (SSSR count). The van der Waals surface area contributed by atoms with Crippen LogP contribution in [0.3, 0.4) is 0 Å². The van der Waals surface area contributed by atoms with E-state index in [0.717, 1.165) is 42.7 Å². The molecule has 5 N–H and O–H groups in total. The van der Waals surface area contributed by atoms with Crippen LogP contribution in [0.2, 0.25) is 0 Å². The molecule has 1 amide bonds. The topological polar surface area (TPSA) is 140 Å². The average molecular weight is 553 g/mol. The maximum absolute atomic E-state index is 13.2. The summed E-state index contributed by atoms with van der Waals surface area (Å²) in [6.07, 6.45) is 2.46. The summed E-state index contributed by atoms with van der Waals surface area (Å²) in [5.41, 5.74) is 7.94. The molecule has 11 nitrogen and oxygen atoms in total. The molecule has 0 unspecified atom stereocenters. The molecule has 1 aliphatic heterocycles. The molecule has 3 aromatic rings. The average Bonchev–Trinajstić information content (AvgIpc) is 3.51. The molecule has 1 fully saturated rings. The Morgan fingerprint density at radius 3 is 2.27 bits per heavy atom. The van der Waals surface area contributed by atoms with Crippen molar-refractivity contribution in [3.63, 3.8) is 0 Å². The van der Waals surface area contributed by atoms with Crippen LogP contribution in [-0.2, 0) is 27.2 Å². The van der Waals surface area contributed by atoms with E-state index in [-0.39, 0.29) is 18.1 Å². The highest BCUT2D eigenvalue weighted by Gasteiger charge is 2.17. The van der Waals surface area contributed by atoms with Crippen LogP contribution in [0, 0.1) is 5.82 Å². The summed E-state index contributed by atoms with van der Waals surface area (Å²) in [7, 11) is 0. The van der Waals surface area contributed by atoms with E-state index in [1.165, 1.54) is 12.1 Å². The smallest absolute Gasteiger partial charge is 0.233 e. The monoisotopic (exact) mass is 552 g/mol. The normalized spacial score (nSPS) is 12.9. The number of amides is 1. The lowest BCUT2D eigenvalue weighted by Crippen LogP contribution is -2.29. The van der Waals surface area contributed by atoms with Gasteiger partial charge in [0.05, 0.1) is 32.8 Å². The number of halogens is 1. The lowest BCUT2D eigenvalue weighted by atomic mass is 10.1. The third-order valence-corrected chi connectivity index (χ3v) is 6.15. The van der Waals surface area contributed by atoms with Crippen LogP contribution < -0.4 is 26.6 Å². The summed E-state index contributed by atoms with van der Waals surface area (Å²) < 4.78 is 23.9. The molecule has 0 radical (unpaired) electrons. The third-order valence-electron chi connectivity index (χ3n) is 6.15. The van der Waals surface area contributed by atoms with Gasteiger partial charge in [-0.05, 0) is 48.2 Å². The summed E-state index contributed by atoms with van der Waals surface area (Å²) in [6, 6.07) is 13.9. The van der Waals surface area contributed by atoms with Gasteiger partial charge in [0.2, 0.25) is 23.8 Å². The molecule has 2 aromatic carbocycles. The Morgan fingerprint density at radius 2 is 1.55 bits per heavy atom.